The zero-order valence-corrected chi connectivity index (χ0v) is 8.36. The van der Waals surface area contributed by atoms with Gasteiger partial charge >= 0.3 is 0 Å². The summed E-state index contributed by atoms with van der Waals surface area (Å²) in [7, 11) is 1.91. The molecule has 0 bridgehead atoms. The van der Waals surface area contributed by atoms with Crippen molar-refractivity contribution >= 4 is 11.0 Å². The minimum Gasteiger partial charge on any atom is -0.266 e. The van der Waals surface area contributed by atoms with Gasteiger partial charge in [0.1, 0.15) is 5.52 Å². The Morgan fingerprint density at radius 3 is 2.69 bits per heavy atom. The van der Waals surface area contributed by atoms with Crippen molar-refractivity contribution in [2.45, 2.75) is 20.3 Å². The van der Waals surface area contributed by atoms with Gasteiger partial charge in [-0.3, -0.25) is 9.67 Å². The average molecular weight is 177 g/mol. The zero-order valence-electron chi connectivity index (χ0n) is 8.36. The molecule has 2 heterocycles. The number of hydrogen-bond acceptors (Lipinski definition) is 2. The summed E-state index contributed by atoms with van der Waals surface area (Å²) in [5.74, 6) is 0. The quantitative estimate of drug-likeness (QED) is 0.618. The molecule has 0 unspecified atom stereocenters. The van der Waals surface area contributed by atoms with Gasteiger partial charge in [0.2, 0.25) is 0 Å². The first-order valence-electron chi connectivity index (χ1n) is 4.52. The number of aromatic nitrogens is 3. The smallest absolute Gasteiger partial charge is 0.108 e. The van der Waals surface area contributed by atoms with Crippen molar-refractivity contribution in [2.24, 2.45) is 7.05 Å². The maximum atomic E-state index is 4.12. The summed E-state index contributed by atoms with van der Waals surface area (Å²) in [6, 6.07) is 3.90. The predicted molar refractivity (Wildman–Crippen MR) is 54.5 cm³/mol. The third-order valence-electron chi connectivity index (χ3n) is 1.52. The standard InChI is InChI=1S/C7H7N3.C3H8/c1-10-7-3-2-4-8-6(7)5-9-10;1-3-2/h2-5H,1H3;3H2,1-2H3. The van der Waals surface area contributed by atoms with Crippen molar-refractivity contribution < 1.29 is 0 Å². The van der Waals surface area contributed by atoms with Crippen LogP contribution in [0.2, 0.25) is 0 Å². The van der Waals surface area contributed by atoms with E-state index in [9.17, 15) is 0 Å². The van der Waals surface area contributed by atoms with Crippen LogP contribution in [0.3, 0.4) is 0 Å². The largest absolute Gasteiger partial charge is 0.266 e. The van der Waals surface area contributed by atoms with E-state index in [0.717, 1.165) is 11.0 Å². The highest BCUT2D eigenvalue weighted by Crippen LogP contribution is 2.06. The molecular formula is C10H15N3. The van der Waals surface area contributed by atoms with Crippen molar-refractivity contribution in [2.75, 3.05) is 0 Å². The highest BCUT2D eigenvalue weighted by atomic mass is 15.3. The molecule has 0 radical (unpaired) electrons. The number of rotatable bonds is 0. The minimum absolute atomic E-state index is 0.949. The lowest BCUT2D eigenvalue weighted by Gasteiger charge is -1.89. The molecule has 0 aliphatic rings. The number of hydrogen-bond donors (Lipinski definition) is 0. The molecule has 2 aromatic heterocycles. The monoisotopic (exact) mass is 177 g/mol. The van der Waals surface area contributed by atoms with Crippen LogP contribution in [0.25, 0.3) is 11.0 Å². The van der Waals surface area contributed by atoms with E-state index in [1.165, 1.54) is 6.42 Å². The Labute approximate surface area is 78.4 Å². The lowest BCUT2D eigenvalue weighted by atomic mass is 10.4. The maximum absolute atomic E-state index is 4.12. The first kappa shape index (κ1) is 9.71. The number of aryl methyl sites for hydroxylation is 1. The third kappa shape index (κ3) is 2.28. The lowest BCUT2D eigenvalue weighted by Crippen LogP contribution is -1.87. The highest BCUT2D eigenvalue weighted by molar-refractivity contribution is 5.73. The van der Waals surface area contributed by atoms with Crippen LogP contribution in [0, 0.1) is 0 Å². The molecular weight excluding hydrogens is 162 g/mol. The number of nitrogens with zero attached hydrogens (tertiary/aromatic N) is 3. The van der Waals surface area contributed by atoms with Crippen LogP contribution in [-0.4, -0.2) is 14.8 Å². The summed E-state index contributed by atoms with van der Waals surface area (Å²) >= 11 is 0. The molecule has 2 rings (SSSR count). The first-order chi connectivity index (χ1) is 6.29. The summed E-state index contributed by atoms with van der Waals surface area (Å²) in [6.07, 6.45) is 4.78. The van der Waals surface area contributed by atoms with Crippen LogP contribution in [0.15, 0.2) is 24.5 Å². The molecule has 70 valence electrons. The zero-order chi connectivity index (χ0) is 9.68. The second-order valence-corrected chi connectivity index (χ2v) is 2.88. The van der Waals surface area contributed by atoms with Gasteiger partial charge in [-0.05, 0) is 12.1 Å². The molecule has 0 spiro atoms. The van der Waals surface area contributed by atoms with Crippen molar-refractivity contribution in [1.29, 1.82) is 0 Å². The average Bonchev–Trinajstić information content (AvgIpc) is 2.50. The Kier molecular flexibility index (Phi) is 3.43. The minimum atomic E-state index is 0.949. The summed E-state index contributed by atoms with van der Waals surface area (Å²) in [5.41, 5.74) is 2.02. The molecule has 0 amide bonds. The van der Waals surface area contributed by atoms with Crippen LogP contribution in [-0.2, 0) is 7.05 Å². The van der Waals surface area contributed by atoms with Crippen LogP contribution in [0.4, 0.5) is 0 Å². The van der Waals surface area contributed by atoms with Crippen LogP contribution in [0.5, 0.6) is 0 Å². The fourth-order valence-electron chi connectivity index (χ4n) is 0.986. The Morgan fingerprint density at radius 2 is 2.08 bits per heavy atom. The Morgan fingerprint density at radius 1 is 1.38 bits per heavy atom. The Hall–Kier alpha value is -1.38. The summed E-state index contributed by atoms with van der Waals surface area (Å²) in [4.78, 5) is 4.12. The molecule has 0 aromatic carbocycles. The predicted octanol–water partition coefficient (Wildman–Crippen LogP) is 2.38. The van der Waals surface area contributed by atoms with Crippen LogP contribution in [0.1, 0.15) is 20.3 Å². The second kappa shape index (κ2) is 4.60. The number of fused-ring (bicyclic) bond motifs is 1. The molecule has 0 N–H and O–H groups in total. The van der Waals surface area contributed by atoms with Crippen molar-refractivity contribution in [3.8, 4) is 0 Å². The van der Waals surface area contributed by atoms with E-state index >= 15 is 0 Å². The molecule has 0 saturated carbocycles. The van der Waals surface area contributed by atoms with Gasteiger partial charge in [-0.2, -0.15) is 5.10 Å². The summed E-state index contributed by atoms with van der Waals surface area (Å²) < 4.78 is 1.81. The molecule has 0 aliphatic carbocycles. The van der Waals surface area contributed by atoms with Crippen LogP contribution < -0.4 is 0 Å². The fourth-order valence-corrected chi connectivity index (χ4v) is 0.986. The van der Waals surface area contributed by atoms with Gasteiger partial charge < -0.3 is 0 Å². The van der Waals surface area contributed by atoms with Crippen molar-refractivity contribution in [1.82, 2.24) is 14.8 Å². The van der Waals surface area contributed by atoms with Gasteiger partial charge in [0.15, 0.2) is 0 Å². The molecule has 3 heteroatoms. The second-order valence-electron chi connectivity index (χ2n) is 2.88. The highest BCUT2D eigenvalue weighted by Gasteiger charge is 1.95. The van der Waals surface area contributed by atoms with Gasteiger partial charge in [-0.1, -0.05) is 20.3 Å². The molecule has 3 nitrogen and oxygen atoms in total. The molecule has 13 heavy (non-hydrogen) atoms. The van der Waals surface area contributed by atoms with E-state index < -0.39 is 0 Å². The van der Waals surface area contributed by atoms with Gasteiger partial charge in [-0.15, -0.1) is 0 Å². The Bertz CT molecular complexity index is 365. The van der Waals surface area contributed by atoms with E-state index in [-0.39, 0.29) is 0 Å². The van der Waals surface area contributed by atoms with Crippen molar-refractivity contribution in [3.63, 3.8) is 0 Å². The third-order valence-corrected chi connectivity index (χ3v) is 1.52. The van der Waals surface area contributed by atoms with Gasteiger partial charge in [0.05, 0.1) is 11.7 Å². The maximum Gasteiger partial charge on any atom is 0.108 e. The lowest BCUT2D eigenvalue weighted by molar-refractivity contribution is 0.797. The SMILES string of the molecule is CCC.Cn1ncc2ncccc21. The van der Waals surface area contributed by atoms with Gasteiger partial charge in [0.25, 0.3) is 0 Å². The fraction of sp³-hybridized carbons (Fsp3) is 0.400. The molecule has 0 atom stereocenters. The molecule has 0 aliphatic heterocycles. The van der Waals surface area contributed by atoms with E-state index in [1.54, 1.807) is 12.4 Å². The molecule has 0 saturated heterocycles. The summed E-state index contributed by atoms with van der Waals surface area (Å²) in [5, 5.41) is 4.05. The number of pyridine rings is 1. The van der Waals surface area contributed by atoms with Crippen LogP contribution >= 0.6 is 0 Å². The normalized spacial score (nSPS) is 9.46. The van der Waals surface area contributed by atoms with Gasteiger partial charge in [0, 0.05) is 13.2 Å². The van der Waals surface area contributed by atoms with E-state index in [4.69, 9.17) is 0 Å². The Balaban J connectivity index is 0.000000251. The molecule has 2 aromatic rings. The van der Waals surface area contributed by atoms with E-state index in [1.807, 2.05) is 23.9 Å². The van der Waals surface area contributed by atoms with Gasteiger partial charge in [-0.25, -0.2) is 0 Å². The first-order valence-corrected chi connectivity index (χ1v) is 4.52. The topological polar surface area (TPSA) is 30.7 Å². The van der Waals surface area contributed by atoms with Crippen molar-refractivity contribution in [3.05, 3.63) is 24.5 Å². The molecule has 0 fully saturated rings. The summed E-state index contributed by atoms with van der Waals surface area (Å²) in [6.45, 7) is 4.25. The van der Waals surface area contributed by atoms with E-state index in [2.05, 4.69) is 23.9 Å². The van der Waals surface area contributed by atoms with E-state index in [0.29, 0.717) is 0 Å².